The third kappa shape index (κ3) is 4.36. The molecule has 1 unspecified atom stereocenters. The summed E-state index contributed by atoms with van der Waals surface area (Å²) in [7, 11) is 0. The molecule has 0 amide bonds. The second kappa shape index (κ2) is 5.98. The largest absolute Gasteiger partial charge is 0.456 e. The molecule has 1 saturated carbocycles. The number of rotatable bonds is 5. The maximum absolute atomic E-state index is 11.7. The zero-order valence-electron chi connectivity index (χ0n) is 12.6. The molecule has 2 aliphatic carbocycles. The highest BCUT2D eigenvalue weighted by Gasteiger charge is 2.32. The third-order valence-corrected chi connectivity index (χ3v) is 3.98. The fraction of sp³-hybridized carbons (Fsp3) is 0.750. The zero-order chi connectivity index (χ0) is 14.8. The van der Waals surface area contributed by atoms with E-state index in [0.717, 1.165) is 32.1 Å². The molecule has 1 fully saturated rings. The molecule has 2 rings (SSSR count). The van der Waals surface area contributed by atoms with Crippen molar-refractivity contribution in [3.05, 3.63) is 11.6 Å². The highest BCUT2D eigenvalue weighted by molar-refractivity contribution is 5.79. The Morgan fingerprint density at radius 1 is 1.40 bits per heavy atom. The monoisotopic (exact) mass is 280 g/mol. The first-order valence-corrected chi connectivity index (χ1v) is 7.42. The summed E-state index contributed by atoms with van der Waals surface area (Å²) in [6.45, 7) is 6.07. The molecule has 0 saturated heterocycles. The lowest BCUT2D eigenvalue weighted by Crippen LogP contribution is -2.26. The number of allylic oxidation sites excluding steroid dienone is 1. The van der Waals surface area contributed by atoms with Gasteiger partial charge in [-0.3, -0.25) is 4.79 Å². The van der Waals surface area contributed by atoms with Crippen molar-refractivity contribution in [2.75, 3.05) is 6.61 Å². The average molecular weight is 280 g/mol. The number of hydrogen-bond acceptors (Lipinski definition) is 4. The smallest absolute Gasteiger partial charge is 0.344 e. The number of carbonyl (C=O) groups is 2. The van der Waals surface area contributed by atoms with Crippen LogP contribution in [0.5, 0.6) is 0 Å². The molecule has 0 N–H and O–H groups in total. The fourth-order valence-electron chi connectivity index (χ4n) is 2.54. The lowest BCUT2D eigenvalue weighted by atomic mass is 9.76. The number of ether oxygens (including phenoxy) is 2. The molecule has 1 atom stereocenters. The van der Waals surface area contributed by atoms with Crippen molar-refractivity contribution in [2.24, 2.45) is 11.3 Å². The maximum Gasteiger partial charge on any atom is 0.344 e. The minimum Gasteiger partial charge on any atom is -0.456 e. The van der Waals surface area contributed by atoms with Crippen LogP contribution in [0.3, 0.4) is 0 Å². The second-order valence-electron chi connectivity index (χ2n) is 6.67. The predicted octanol–water partition coefficient (Wildman–Crippen LogP) is 3.01. The summed E-state index contributed by atoms with van der Waals surface area (Å²) >= 11 is 0. The Bertz CT molecular complexity index is 418. The van der Waals surface area contributed by atoms with Crippen LogP contribution in [0.2, 0.25) is 0 Å². The van der Waals surface area contributed by atoms with Crippen LogP contribution in [-0.2, 0) is 19.1 Å². The molecule has 2 aliphatic rings. The summed E-state index contributed by atoms with van der Waals surface area (Å²) in [5, 5.41) is 0. The van der Waals surface area contributed by atoms with Crippen molar-refractivity contribution in [3.8, 4) is 0 Å². The Morgan fingerprint density at radius 3 is 2.70 bits per heavy atom. The Kier molecular flexibility index (Phi) is 4.51. The summed E-state index contributed by atoms with van der Waals surface area (Å²) in [5.74, 6) is -0.717. The highest BCUT2D eigenvalue weighted by Crippen LogP contribution is 2.36. The Morgan fingerprint density at radius 2 is 2.10 bits per heavy atom. The molecule has 0 bridgehead atoms. The van der Waals surface area contributed by atoms with Gasteiger partial charge in [0, 0.05) is 0 Å². The van der Waals surface area contributed by atoms with Crippen LogP contribution in [0.1, 0.15) is 52.9 Å². The van der Waals surface area contributed by atoms with E-state index in [1.54, 1.807) is 0 Å². The van der Waals surface area contributed by atoms with E-state index in [0.29, 0.717) is 0 Å². The minimum absolute atomic E-state index is 0.0158. The van der Waals surface area contributed by atoms with Gasteiger partial charge in [-0.15, -0.1) is 0 Å². The van der Waals surface area contributed by atoms with E-state index >= 15 is 0 Å². The predicted molar refractivity (Wildman–Crippen MR) is 75.0 cm³/mol. The summed E-state index contributed by atoms with van der Waals surface area (Å²) in [6, 6.07) is 0. The number of carbonyl (C=O) groups excluding carboxylic acids is 2. The molecule has 0 heterocycles. The second-order valence-corrected chi connectivity index (χ2v) is 6.67. The quantitative estimate of drug-likeness (QED) is 0.574. The Labute approximate surface area is 120 Å². The standard InChI is InChI=1S/C16H24O4/c1-11(13-5-4-8-16(2,3)9-13)20-14(17)10-19-15(18)12-6-7-12/h5,11-12H,4,6-10H2,1-3H3. The first kappa shape index (κ1) is 15.1. The van der Waals surface area contributed by atoms with E-state index in [2.05, 4.69) is 19.9 Å². The molecule has 20 heavy (non-hydrogen) atoms. The molecular weight excluding hydrogens is 256 g/mol. The third-order valence-electron chi connectivity index (χ3n) is 3.98. The van der Waals surface area contributed by atoms with Gasteiger partial charge in [-0.25, -0.2) is 4.79 Å². The van der Waals surface area contributed by atoms with Gasteiger partial charge in [-0.1, -0.05) is 19.9 Å². The molecule has 0 radical (unpaired) electrons. The highest BCUT2D eigenvalue weighted by atomic mass is 16.6. The molecule has 0 aromatic carbocycles. The van der Waals surface area contributed by atoms with Crippen LogP contribution in [-0.4, -0.2) is 24.6 Å². The molecule has 4 nitrogen and oxygen atoms in total. The van der Waals surface area contributed by atoms with Gasteiger partial charge in [-0.05, 0) is 50.0 Å². The van der Waals surface area contributed by atoms with E-state index in [9.17, 15) is 9.59 Å². The molecule has 0 aromatic rings. The van der Waals surface area contributed by atoms with Crippen molar-refractivity contribution in [1.82, 2.24) is 0 Å². The van der Waals surface area contributed by atoms with Gasteiger partial charge in [0.05, 0.1) is 5.92 Å². The lowest BCUT2D eigenvalue weighted by molar-refractivity contribution is -0.161. The first-order chi connectivity index (χ1) is 9.37. The molecule has 4 heteroatoms. The Balaban J connectivity index is 1.75. The summed E-state index contributed by atoms with van der Waals surface area (Å²) in [4.78, 5) is 23.0. The van der Waals surface area contributed by atoms with Crippen molar-refractivity contribution in [3.63, 3.8) is 0 Å². The van der Waals surface area contributed by atoms with Crippen molar-refractivity contribution in [2.45, 2.75) is 59.0 Å². The van der Waals surface area contributed by atoms with E-state index in [-0.39, 0.29) is 30.0 Å². The topological polar surface area (TPSA) is 52.6 Å². The van der Waals surface area contributed by atoms with Gasteiger partial charge in [0.25, 0.3) is 0 Å². The number of esters is 2. The summed E-state index contributed by atoms with van der Waals surface area (Å²) in [5.41, 5.74) is 1.44. The van der Waals surface area contributed by atoms with E-state index < -0.39 is 5.97 Å². The van der Waals surface area contributed by atoms with Gasteiger partial charge >= 0.3 is 11.9 Å². The minimum atomic E-state index is -0.462. The van der Waals surface area contributed by atoms with Crippen molar-refractivity contribution < 1.29 is 19.1 Å². The molecular formula is C16H24O4. The molecule has 0 aromatic heterocycles. The van der Waals surface area contributed by atoms with E-state index in [1.165, 1.54) is 5.57 Å². The van der Waals surface area contributed by atoms with Gasteiger partial charge < -0.3 is 9.47 Å². The normalized spacial score (nSPS) is 22.6. The Hall–Kier alpha value is -1.32. The van der Waals surface area contributed by atoms with E-state index in [4.69, 9.17) is 9.47 Å². The van der Waals surface area contributed by atoms with Gasteiger partial charge in [0.15, 0.2) is 6.61 Å². The molecule has 0 spiro atoms. The maximum atomic E-state index is 11.7. The van der Waals surface area contributed by atoms with Crippen LogP contribution in [0.4, 0.5) is 0 Å². The molecule has 0 aliphatic heterocycles. The van der Waals surface area contributed by atoms with Crippen LogP contribution in [0, 0.1) is 11.3 Å². The van der Waals surface area contributed by atoms with Gasteiger partial charge in [-0.2, -0.15) is 0 Å². The fourth-order valence-corrected chi connectivity index (χ4v) is 2.54. The van der Waals surface area contributed by atoms with E-state index in [1.807, 2.05) is 6.92 Å². The first-order valence-electron chi connectivity index (χ1n) is 7.42. The number of hydrogen-bond donors (Lipinski definition) is 0. The zero-order valence-corrected chi connectivity index (χ0v) is 12.6. The van der Waals surface area contributed by atoms with Gasteiger partial charge in [0.2, 0.25) is 0 Å². The van der Waals surface area contributed by atoms with Crippen LogP contribution >= 0.6 is 0 Å². The van der Waals surface area contributed by atoms with Crippen LogP contribution in [0.25, 0.3) is 0 Å². The summed E-state index contributed by atoms with van der Waals surface area (Å²) < 4.78 is 10.3. The van der Waals surface area contributed by atoms with Gasteiger partial charge in [0.1, 0.15) is 6.10 Å². The van der Waals surface area contributed by atoms with Crippen molar-refractivity contribution in [1.29, 1.82) is 0 Å². The lowest BCUT2D eigenvalue weighted by Gasteiger charge is -2.32. The SMILES string of the molecule is CC(OC(=O)COC(=O)C1CC1)C1=CCCC(C)(C)C1. The van der Waals surface area contributed by atoms with Crippen molar-refractivity contribution >= 4 is 11.9 Å². The van der Waals surface area contributed by atoms with Crippen LogP contribution in [0.15, 0.2) is 11.6 Å². The molecule has 112 valence electrons. The summed E-state index contributed by atoms with van der Waals surface area (Å²) in [6.07, 6.45) is 6.83. The average Bonchev–Trinajstić information content (AvgIpc) is 3.18. The van der Waals surface area contributed by atoms with Crippen LogP contribution < -0.4 is 0 Å².